The van der Waals surface area contributed by atoms with Crippen LogP contribution in [0.3, 0.4) is 0 Å². The topological polar surface area (TPSA) is 44.5 Å². The van der Waals surface area contributed by atoms with Crippen molar-refractivity contribution in [3.63, 3.8) is 0 Å². The van der Waals surface area contributed by atoms with Gasteiger partial charge in [-0.25, -0.2) is 0 Å². The molecule has 0 radical (unpaired) electrons. The van der Waals surface area contributed by atoms with Crippen LogP contribution in [0, 0.1) is 5.92 Å². The summed E-state index contributed by atoms with van der Waals surface area (Å²) in [7, 11) is 0. The molecule has 0 saturated carbocycles. The monoisotopic (exact) mass is 235 g/mol. The molecule has 3 heteroatoms. The molecule has 0 aliphatic carbocycles. The number of ether oxygens (including phenoxy) is 2. The standard InChI is InChI=1S/C14H21NO2/c1-11-9-16-13-6-5-12(4-2-3-7-15)8-14(13)17-10-11/h5-6,8,11H,2-4,7,9-10,15H2,1H3. The van der Waals surface area contributed by atoms with Gasteiger partial charge in [-0.15, -0.1) is 0 Å². The van der Waals surface area contributed by atoms with E-state index in [2.05, 4.69) is 19.1 Å². The van der Waals surface area contributed by atoms with E-state index in [0.29, 0.717) is 5.92 Å². The van der Waals surface area contributed by atoms with Gasteiger partial charge in [0.2, 0.25) is 0 Å². The van der Waals surface area contributed by atoms with Gasteiger partial charge < -0.3 is 15.2 Å². The third-order valence-electron chi connectivity index (χ3n) is 2.97. The van der Waals surface area contributed by atoms with E-state index >= 15 is 0 Å². The fraction of sp³-hybridized carbons (Fsp3) is 0.571. The number of benzene rings is 1. The normalized spacial score (nSPS) is 18.8. The summed E-state index contributed by atoms with van der Waals surface area (Å²) in [5, 5.41) is 0. The minimum atomic E-state index is 0.447. The molecule has 1 atom stereocenters. The number of hydrogen-bond acceptors (Lipinski definition) is 3. The number of hydrogen-bond donors (Lipinski definition) is 1. The van der Waals surface area contributed by atoms with E-state index in [0.717, 1.165) is 50.5 Å². The first-order valence-corrected chi connectivity index (χ1v) is 6.38. The van der Waals surface area contributed by atoms with Gasteiger partial charge in [0.1, 0.15) is 0 Å². The lowest BCUT2D eigenvalue weighted by Gasteiger charge is -2.09. The Morgan fingerprint density at radius 3 is 2.71 bits per heavy atom. The molecule has 1 aromatic rings. The highest BCUT2D eigenvalue weighted by Crippen LogP contribution is 2.31. The molecule has 0 aromatic heterocycles. The Hall–Kier alpha value is -1.22. The summed E-state index contributed by atoms with van der Waals surface area (Å²) in [6.07, 6.45) is 3.27. The summed E-state index contributed by atoms with van der Waals surface area (Å²) >= 11 is 0. The average molecular weight is 235 g/mol. The Kier molecular flexibility index (Phi) is 4.26. The minimum Gasteiger partial charge on any atom is -0.489 e. The van der Waals surface area contributed by atoms with Gasteiger partial charge in [-0.05, 0) is 43.5 Å². The number of nitrogens with two attached hydrogens (primary N) is 1. The summed E-state index contributed by atoms with van der Waals surface area (Å²) < 4.78 is 11.5. The van der Waals surface area contributed by atoms with Crippen LogP contribution in [0.5, 0.6) is 11.5 Å². The second-order valence-electron chi connectivity index (χ2n) is 4.75. The zero-order valence-electron chi connectivity index (χ0n) is 10.4. The maximum atomic E-state index is 5.76. The second kappa shape index (κ2) is 5.92. The lowest BCUT2D eigenvalue weighted by molar-refractivity contribution is 0.228. The van der Waals surface area contributed by atoms with E-state index in [1.807, 2.05) is 6.07 Å². The minimum absolute atomic E-state index is 0.447. The maximum Gasteiger partial charge on any atom is 0.161 e. The van der Waals surface area contributed by atoms with E-state index in [1.165, 1.54) is 5.56 Å². The third-order valence-corrected chi connectivity index (χ3v) is 2.97. The first-order chi connectivity index (χ1) is 8.29. The molecule has 1 unspecified atom stereocenters. The van der Waals surface area contributed by atoms with Gasteiger partial charge in [0.15, 0.2) is 11.5 Å². The highest BCUT2D eigenvalue weighted by atomic mass is 16.5. The molecular formula is C14H21NO2. The number of rotatable bonds is 4. The molecule has 17 heavy (non-hydrogen) atoms. The largest absolute Gasteiger partial charge is 0.489 e. The molecule has 0 fully saturated rings. The van der Waals surface area contributed by atoms with Crippen molar-refractivity contribution in [3.8, 4) is 11.5 Å². The molecule has 1 heterocycles. The van der Waals surface area contributed by atoms with Crippen LogP contribution >= 0.6 is 0 Å². The Morgan fingerprint density at radius 1 is 1.18 bits per heavy atom. The molecule has 1 aromatic carbocycles. The fourth-order valence-electron chi connectivity index (χ4n) is 1.93. The molecule has 1 aliphatic rings. The summed E-state index contributed by atoms with van der Waals surface area (Å²) in [6, 6.07) is 6.24. The van der Waals surface area contributed by atoms with Crippen LogP contribution in [0.1, 0.15) is 25.3 Å². The van der Waals surface area contributed by atoms with Crippen molar-refractivity contribution in [3.05, 3.63) is 23.8 Å². The van der Waals surface area contributed by atoms with Crippen LogP contribution in [0.4, 0.5) is 0 Å². The fourth-order valence-corrected chi connectivity index (χ4v) is 1.93. The van der Waals surface area contributed by atoms with Crippen molar-refractivity contribution >= 4 is 0 Å². The molecule has 2 rings (SSSR count). The lowest BCUT2D eigenvalue weighted by Crippen LogP contribution is -2.12. The van der Waals surface area contributed by atoms with Gasteiger partial charge in [-0.1, -0.05) is 13.0 Å². The van der Waals surface area contributed by atoms with Crippen LogP contribution in [-0.4, -0.2) is 19.8 Å². The predicted molar refractivity (Wildman–Crippen MR) is 68.6 cm³/mol. The maximum absolute atomic E-state index is 5.76. The van der Waals surface area contributed by atoms with Gasteiger partial charge in [0, 0.05) is 5.92 Å². The first-order valence-electron chi connectivity index (χ1n) is 6.38. The van der Waals surface area contributed by atoms with Gasteiger partial charge in [-0.3, -0.25) is 0 Å². The highest BCUT2D eigenvalue weighted by Gasteiger charge is 2.14. The third kappa shape index (κ3) is 3.37. The summed E-state index contributed by atoms with van der Waals surface area (Å²) in [5.41, 5.74) is 6.80. The van der Waals surface area contributed by atoms with Crippen LogP contribution < -0.4 is 15.2 Å². The molecule has 0 saturated heterocycles. The molecule has 0 amide bonds. The van der Waals surface area contributed by atoms with Crippen molar-refractivity contribution in [2.45, 2.75) is 26.2 Å². The van der Waals surface area contributed by atoms with E-state index in [9.17, 15) is 0 Å². The first kappa shape index (κ1) is 12.2. The van der Waals surface area contributed by atoms with Crippen LogP contribution in [0.25, 0.3) is 0 Å². The smallest absolute Gasteiger partial charge is 0.161 e. The van der Waals surface area contributed by atoms with Crippen LogP contribution in [0.2, 0.25) is 0 Å². The predicted octanol–water partition coefficient (Wildman–Crippen LogP) is 2.38. The van der Waals surface area contributed by atoms with Gasteiger partial charge in [0.05, 0.1) is 13.2 Å². The molecule has 0 spiro atoms. The van der Waals surface area contributed by atoms with Crippen molar-refractivity contribution in [1.29, 1.82) is 0 Å². The van der Waals surface area contributed by atoms with Gasteiger partial charge >= 0.3 is 0 Å². The quantitative estimate of drug-likeness (QED) is 0.815. The Balaban J connectivity index is 2.03. The molecular weight excluding hydrogens is 214 g/mol. The Morgan fingerprint density at radius 2 is 1.94 bits per heavy atom. The van der Waals surface area contributed by atoms with Crippen molar-refractivity contribution < 1.29 is 9.47 Å². The van der Waals surface area contributed by atoms with Crippen LogP contribution in [-0.2, 0) is 6.42 Å². The zero-order valence-corrected chi connectivity index (χ0v) is 10.4. The second-order valence-corrected chi connectivity index (χ2v) is 4.75. The molecule has 0 bridgehead atoms. The Bertz CT molecular complexity index is 365. The molecule has 94 valence electrons. The highest BCUT2D eigenvalue weighted by molar-refractivity contribution is 5.43. The number of fused-ring (bicyclic) bond motifs is 1. The van der Waals surface area contributed by atoms with E-state index in [4.69, 9.17) is 15.2 Å². The van der Waals surface area contributed by atoms with Crippen molar-refractivity contribution in [2.24, 2.45) is 11.7 Å². The van der Waals surface area contributed by atoms with E-state index in [-0.39, 0.29) is 0 Å². The van der Waals surface area contributed by atoms with Gasteiger partial charge in [-0.2, -0.15) is 0 Å². The summed E-state index contributed by atoms with van der Waals surface area (Å²) in [6.45, 7) is 4.37. The number of aryl methyl sites for hydroxylation is 1. The van der Waals surface area contributed by atoms with Crippen LogP contribution in [0.15, 0.2) is 18.2 Å². The Labute approximate surface area is 103 Å². The molecule has 3 nitrogen and oxygen atoms in total. The van der Waals surface area contributed by atoms with E-state index < -0.39 is 0 Å². The lowest BCUT2D eigenvalue weighted by atomic mass is 10.1. The zero-order chi connectivity index (χ0) is 12.1. The van der Waals surface area contributed by atoms with Gasteiger partial charge in [0.25, 0.3) is 0 Å². The van der Waals surface area contributed by atoms with Crippen molar-refractivity contribution in [2.75, 3.05) is 19.8 Å². The average Bonchev–Trinajstić information content (AvgIpc) is 2.52. The van der Waals surface area contributed by atoms with Crippen molar-refractivity contribution in [1.82, 2.24) is 0 Å². The summed E-state index contributed by atoms with van der Waals surface area (Å²) in [5.74, 6) is 2.21. The summed E-state index contributed by atoms with van der Waals surface area (Å²) in [4.78, 5) is 0. The molecule has 2 N–H and O–H groups in total. The van der Waals surface area contributed by atoms with E-state index in [1.54, 1.807) is 0 Å². The SMILES string of the molecule is CC1COc2ccc(CCCCN)cc2OC1. The number of unbranched alkanes of at least 4 members (excludes halogenated alkanes) is 1. The molecule has 1 aliphatic heterocycles.